The minimum Gasteiger partial charge on any atom is -0.457 e. The van der Waals surface area contributed by atoms with Crippen molar-refractivity contribution in [1.29, 1.82) is 0 Å². The first-order chi connectivity index (χ1) is 21.0. The van der Waals surface area contributed by atoms with E-state index in [1.807, 2.05) is 49.9 Å². The topological polar surface area (TPSA) is 119 Å². The van der Waals surface area contributed by atoms with Gasteiger partial charge in [0, 0.05) is 38.7 Å². The summed E-state index contributed by atoms with van der Waals surface area (Å²) in [5, 5.41) is 19.7. The second kappa shape index (κ2) is 23.2. The van der Waals surface area contributed by atoms with Crippen LogP contribution in [0.5, 0.6) is 0 Å². The Hall–Kier alpha value is -2.20. The van der Waals surface area contributed by atoms with Gasteiger partial charge in [0.15, 0.2) is 6.61 Å². The molecule has 0 saturated heterocycles. The van der Waals surface area contributed by atoms with Crippen LogP contribution in [0.25, 0.3) is 0 Å². The highest BCUT2D eigenvalue weighted by Crippen LogP contribution is 2.24. The Morgan fingerprint density at radius 2 is 1.80 bits per heavy atom. The maximum Gasteiger partial charge on any atom is 0.344 e. The smallest absolute Gasteiger partial charge is 0.344 e. The molecular formula is C35H56O8S. The fourth-order valence-corrected chi connectivity index (χ4v) is 5.64. The van der Waals surface area contributed by atoms with Gasteiger partial charge < -0.3 is 24.4 Å². The molecule has 0 aromatic heterocycles. The van der Waals surface area contributed by atoms with Gasteiger partial charge in [-0.2, -0.15) is 11.8 Å². The number of Topliss-reactive ketones (excluding diaryl/α,β-unsaturated/α-hetero) is 1. The first-order valence-electron chi connectivity index (χ1n) is 16.1. The largest absolute Gasteiger partial charge is 0.457 e. The van der Waals surface area contributed by atoms with Crippen LogP contribution in [0.3, 0.4) is 0 Å². The molecule has 1 aromatic carbocycles. The van der Waals surface area contributed by atoms with E-state index in [1.54, 1.807) is 19.3 Å². The lowest BCUT2D eigenvalue weighted by atomic mass is 10.00. The SMILES string of the molecule is CCCCCCC(C)(C)OC(=O)COC(=O)CCCSCCC.COCc1cccc(C[C@H](O)/C=C/[C@@H]2CC(=O)C[C@H]2O)c1. The van der Waals surface area contributed by atoms with E-state index in [9.17, 15) is 24.6 Å². The quantitative estimate of drug-likeness (QED) is 0.0955. The van der Waals surface area contributed by atoms with Crippen molar-refractivity contribution in [2.24, 2.45) is 5.92 Å². The number of ketones is 1. The molecule has 0 unspecified atom stereocenters. The first kappa shape index (κ1) is 39.8. The minimum absolute atomic E-state index is 0.0823. The molecule has 0 amide bonds. The number of esters is 2. The number of thioether (sulfide) groups is 1. The number of carbonyl (C=O) groups excluding carboxylic acids is 3. The van der Waals surface area contributed by atoms with E-state index in [0.717, 1.165) is 54.7 Å². The number of carbonyl (C=O) groups is 3. The number of rotatable bonds is 20. The number of hydrogen-bond donors (Lipinski definition) is 2. The monoisotopic (exact) mass is 636 g/mol. The van der Waals surface area contributed by atoms with Gasteiger partial charge in [0.25, 0.3) is 0 Å². The standard InChI is InChI=1S/C18H34O4S.C17H22O4/c1-5-7-8-9-12-18(3,4)22-17(20)15-21-16(19)11-10-14-23-13-6-2;1-21-11-13-4-2-3-12(7-13)8-15(18)6-5-14-9-16(19)10-17(14)20/h5-15H2,1-4H3;2-7,14-15,17-18,20H,8-11H2,1H3/b;6-5+/t;14-,15-,17-/m.1/s1. The van der Waals surface area contributed by atoms with Crippen LogP contribution >= 0.6 is 11.8 Å². The maximum absolute atomic E-state index is 11.8. The minimum atomic E-state index is -0.620. The Bertz CT molecular complexity index is 993. The van der Waals surface area contributed by atoms with Crippen LogP contribution in [0.2, 0.25) is 0 Å². The number of unbranched alkanes of at least 4 members (excludes halogenated alkanes) is 3. The summed E-state index contributed by atoms with van der Waals surface area (Å²) in [6.45, 7) is 8.39. The molecular weight excluding hydrogens is 580 g/mol. The molecule has 0 radical (unpaired) electrons. The van der Waals surface area contributed by atoms with Crippen LogP contribution in [0, 0.1) is 5.92 Å². The van der Waals surface area contributed by atoms with Crippen molar-refractivity contribution >= 4 is 29.5 Å². The van der Waals surface area contributed by atoms with Crippen LogP contribution in [0.1, 0.15) is 103 Å². The van der Waals surface area contributed by atoms with Gasteiger partial charge in [-0.1, -0.05) is 69.5 Å². The summed E-state index contributed by atoms with van der Waals surface area (Å²) in [6.07, 6.45) is 11.0. The van der Waals surface area contributed by atoms with E-state index in [0.29, 0.717) is 25.9 Å². The number of methoxy groups -OCH3 is 1. The zero-order chi connectivity index (χ0) is 32.8. The summed E-state index contributed by atoms with van der Waals surface area (Å²) in [5.74, 6) is 1.22. The van der Waals surface area contributed by atoms with Gasteiger partial charge in [0.2, 0.25) is 0 Å². The zero-order valence-corrected chi connectivity index (χ0v) is 28.4. The lowest BCUT2D eigenvalue weighted by molar-refractivity contribution is -0.168. The van der Waals surface area contributed by atoms with Crippen LogP contribution in [-0.4, -0.2) is 71.0 Å². The third-order valence-corrected chi connectivity index (χ3v) is 8.39. The average Bonchev–Trinajstić information content (AvgIpc) is 3.30. The fourth-order valence-electron chi connectivity index (χ4n) is 4.80. The summed E-state index contributed by atoms with van der Waals surface area (Å²) < 4.78 is 15.5. The molecule has 2 rings (SSSR count). The number of ether oxygens (including phenoxy) is 3. The Morgan fingerprint density at radius 1 is 1.05 bits per heavy atom. The normalized spacial score (nSPS) is 17.3. The lowest BCUT2D eigenvalue weighted by Crippen LogP contribution is -2.30. The Balaban J connectivity index is 0.000000441. The summed E-state index contributed by atoms with van der Waals surface area (Å²) in [7, 11) is 1.65. The number of hydrogen-bond acceptors (Lipinski definition) is 9. The van der Waals surface area contributed by atoms with Crippen molar-refractivity contribution in [3.8, 4) is 0 Å². The molecule has 0 heterocycles. The van der Waals surface area contributed by atoms with Crippen molar-refractivity contribution in [2.45, 2.75) is 123 Å². The zero-order valence-electron chi connectivity index (χ0n) is 27.6. The predicted octanol–water partition coefficient (Wildman–Crippen LogP) is 6.38. The summed E-state index contributed by atoms with van der Waals surface area (Å²) in [5.41, 5.74) is 1.61. The first-order valence-corrected chi connectivity index (χ1v) is 17.2. The molecule has 1 fully saturated rings. The van der Waals surface area contributed by atoms with Crippen molar-refractivity contribution < 1.29 is 38.8 Å². The van der Waals surface area contributed by atoms with E-state index in [4.69, 9.17) is 14.2 Å². The molecule has 1 saturated carbocycles. The Kier molecular flexibility index (Phi) is 21.0. The molecule has 0 spiro atoms. The van der Waals surface area contributed by atoms with Gasteiger partial charge >= 0.3 is 11.9 Å². The summed E-state index contributed by atoms with van der Waals surface area (Å²) in [4.78, 5) is 34.5. The van der Waals surface area contributed by atoms with E-state index in [-0.39, 0.29) is 30.7 Å². The van der Waals surface area contributed by atoms with Gasteiger partial charge in [0.1, 0.15) is 11.4 Å². The van der Waals surface area contributed by atoms with Crippen molar-refractivity contribution in [1.82, 2.24) is 0 Å². The molecule has 1 aliphatic carbocycles. The van der Waals surface area contributed by atoms with E-state index < -0.39 is 23.8 Å². The van der Waals surface area contributed by atoms with Crippen LogP contribution in [0.4, 0.5) is 0 Å². The Morgan fingerprint density at radius 3 is 2.45 bits per heavy atom. The van der Waals surface area contributed by atoms with E-state index >= 15 is 0 Å². The van der Waals surface area contributed by atoms with Gasteiger partial charge in [-0.15, -0.1) is 0 Å². The number of benzene rings is 1. The summed E-state index contributed by atoms with van der Waals surface area (Å²) >= 11 is 1.84. The third-order valence-electron chi connectivity index (χ3n) is 7.11. The lowest BCUT2D eigenvalue weighted by Gasteiger charge is -2.25. The molecule has 44 heavy (non-hydrogen) atoms. The second-order valence-electron chi connectivity index (χ2n) is 12.0. The van der Waals surface area contributed by atoms with E-state index in [2.05, 4.69) is 13.8 Å². The van der Waals surface area contributed by atoms with Gasteiger partial charge in [-0.3, -0.25) is 9.59 Å². The third kappa shape index (κ3) is 19.2. The van der Waals surface area contributed by atoms with Crippen molar-refractivity contribution in [3.63, 3.8) is 0 Å². The highest BCUT2D eigenvalue weighted by molar-refractivity contribution is 7.99. The maximum atomic E-state index is 11.8. The number of aliphatic hydroxyl groups excluding tert-OH is 2. The molecule has 1 aromatic rings. The van der Waals surface area contributed by atoms with Crippen molar-refractivity contribution in [3.05, 3.63) is 47.5 Å². The molecule has 2 N–H and O–H groups in total. The van der Waals surface area contributed by atoms with Gasteiger partial charge in [-0.05, 0) is 62.2 Å². The fraction of sp³-hybridized carbons (Fsp3) is 0.686. The highest BCUT2D eigenvalue weighted by Gasteiger charge is 2.29. The Labute approximate surface area is 269 Å². The average molecular weight is 637 g/mol. The predicted molar refractivity (Wildman–Crippen MR) is 176 cm³/mol. The van der Waals surface area contributed by atoms with E-state index in [1.165, 1.54) is 12.8 Å². The molecule has 3 atom stereocenters. The van der Waals surface area contributed by atoms with Gasteiger partial charge in [0.05, 0.1) is 18.8 Å². The second-order valence-corrected chi connectivity index (χ2v) is 13.2. The molecule has 0 aliphatic heterocycles. The molecule has 0 bridgehead atoms. The molecule has 1 aliphatic rings. The molecule has 250 valence electrons. The summed E-state index contributed by atoms with van der Waals surface area (Å²) in [6, 6.07) is 7.90. The van der Waals surface area contributed by atoms with Crippen molar-refractivity contribution in [2.75, 3.05) is 25.2 Å². The van der Waals surface area contributed by atoms with Crippen LogP contribution in [0.15, 0.2) is 36.4 Å². The molecule has 8 nitrogen and oxygen atoms in total. The van der Waals surface area contributed by atoms with Crippen LogP contribution in [-0.2, 0) is 41.6 Å². The highest BCUT2D eigenvalue weighted by atomic mass is 32.2. The molecule has 9 heteroatoms. The van der Waals surface area contributed by atoms with Gasteiger partial charge in [-0.25, -0.2) is 4.79 Å². The number of aliphatic hydroxyl groups is 2. The van der Waals surface area contributed by atoms with Crippen LogP contribution < -0.4 is 0 Å².